The minimum atomic E-state index is -0.858. The zero-order chi connectivity index (χ0) is 16.2. The van der Waals surface area contributed by atoms with Gasteiger partial charge in [-0.2, -0.15) is 0 Å². The summed E-state index contributed by atoms with van der Waals surface area (Å²) >= 11 is 0. The van der Waals surface area contributed by atoms with Crippen LogP contribution in [0.1, 0.15) is 25.0 Å². The van der Waals surface area contributed by atoms with Gasteiger partial charge in [0.25, 0.3) is 0 Å². The van der Waals surface area contributed by atoms with Crippen LogP contribution in [0.5, 0.6) is 0 Å². The molecule has 22 heavy (non-hydrogen) atoms. The molecule has 1 aliphatic carbocycles. The van der Waals surface area contributed by atoms with Crippen LogP contribution in [0.2, 0.25) is 0 Å². The van der Waals surface area contributed by atoms with Crippen molar-refractivity contribution in [2.45, 2.75) is 32.2 Å². The molecule has 0 radical (unpaired) electrons. The molecule has 5 heteroatoms. The highest BCUT2D eigenvalue weighted by molar-refractivity contribution is 5.94. The number of rotatable bonds is 4. The monoisotopic (exact) mass is 299 g/mol. The van der Waals surface area contributed by atoms with Crippen LogP contribution >= 0.6 is 0 Å². The molecular weight excluding hydrogens is 278 g/mol. The number of nitrogens with one attached hydrogen (secondary N) is 2. The second-order valence-electron chi connectivity index (χ2n) is 5.54. The highest BCUT2D eigenvalue weighted by atomic mass is 16.2. The Morgan fingerprint density at radius 2 is 2.05 bits per heavy atom. The number of benzene rings is 1. The van der Waals surface area contributed by atoms with Crippen LogP contribution in [-0.2, 0) is 17.6 Å². The van der Waals surface area contributed by atoms with Crippen molar-refractivity contribution >= 4 is 23.7 Å². The summed E-state index contributed by atoms with van der Waals surface area (Å²) in [4.78, 5) is 27.6. The Balaban J connectivity index is 2.25. The first kappa shape index (κ1) is 15.9. The largest absolute Gasteiger partial charge is 0.341 e. The lowest BCUT2D eigenvalue weighted by atomic mass is 9.98. The Morgan fingerprint density at radius 1 is 1.32 bits per heavy atom. The fraction of sp³-hybridized carbons (Fsp3) is 0.353. The van der Waals surface area contributed by atoms with Gasteiger partial charge in [0.1, 0.15) is 11.8 Å². The maximum absolute atomic E-state index is 11.6. The van der Waals surface area contributed by atoms with E-state index in [9.17, 15) is 9.59 Å². The molecule has 0 heterocycles. The van der Waals surface area contributed by atoms with Gasteiger partial charge < -0.3 is 15.4 Å². The molecule has 2 N–H and O–H groups in total. The van der Waals surface area contributed by atoms with Crippen molar-refractivity contribution < 1.29 is 9.59 Å². The molecule has 0 bridgehead atoms. The van der Waals surface area contributed by atoms with Crippen molar-refractivity contribution in [3.63, 3.8) is 0 Å². The Morgan fingerprint density at radius 3 is 2.68 bits per heavy atom. The molecule has 1 aliphatic rings. The van der Waals surface area contributed by atoms with Crippen molar-refractivity contribution in [2.24, 2.45) is 4.99 Å². The summed E-state index contributed by atoms with van der Waals surface area (Å²) in [5.41, 5.74) is 3.05. The van der Waals surface area contributed by atoms with Gasteiger partial charge in [-0.15, -0.1) is 0 Å². The predicted octanol–water partition coefficient (Wildman–Crippen LogP) is 2.32. The van der Waals surface area contributed by atoms with Gasteiger partial charge in [-0.25, -0.2) is 4.79 Å². The third kappa shape index (κ3) is 3.42. The number of aldehydes is 1. The molecule has 1 aromatic carbocycles. The molecule has 1 atom stereocenters. The van der Waals surface area contributed by atoms with Gasteiger partial charge in [0.15, 0.2) is 0 Å². The predicted molar refractivity (Wildman–Crippen MR) is 87.8 cm³/mol. The number of urea groups is 1. The van der Waals surface area contributed by atoms with Crippen LogP contribution in [0.15, 0.2) is 35.3 Å². The number of carbonyl (C=O) groups excluding carboxylic acids is 2. The average molecular weight is 299 g/mol. The van der Waals surface area contributed by atoms with Crippen LogP contribution in [0, 0.1) is 0 Å². The van der Waals surface area contributed by atoms with Crippen molar-refractivity contribution in [3.05, 3.63) is 41.5 Å². The Labute approximate surface area is 130 Å². The van der Waals surface area contributed by atoms with Crippen LogP contribution in [0.25, 0.3) is 0 Å². The van der Waals surface area contributed by atoms with E-state index in [0.29, 0.717) is 12.8 Å². The second-order valence-corrected chi connectivity index (χ2v) is 5.54. The number of aliphatic imine (C=N–C) groups is 1. The summed E-state index contributed by atoms with van der Waals surface area (Å²) in [7, 11) is 1.53. The minimum Gasteiger partial charge on any atom is -0.341 e. The van der Waals surface area contributed by atoms with Gasteiger partial charge in [0.05, 0.1) is 5.69 Å². The summed E-state index contributed by atoms with van der Waals surface area (Å²) < 4.78 is 0. The van der Waals surface area contributed by atoms with E-state index in [0.717, 1.165) is 28.8 Å². The first-order chi connectivity index (χ1) is 10.5. The standard InChI is InChI=1S/C17H21N3O2/c1-4-5-12(2)19-15-7-6-13-9-17(11-21,10-14(13)8-15)20-16(22)18-3/h4-8,11H,9-10H2,1-3H3,(H2,18,20,22)/b5-4-,19-12?. The molecular formula is C17H21N3O2. The normalized spacial score (nSPS) is 20.8. The number of carbonyl (C=O) groups is 2. The summed E-state index contributed by atoms with van der Waals surface area (Å²) in [5.74, 6) is 0. The van der Waals surface area contributed by atoms with E-state index in [1.807, 2.05) is 44.2 Å². The van der Waals surface area contributed by atoms with Crippen molar-refractivity contribution in [3.8, 4) is 0 Å². The van der Waals surface area contributed by atoms with Gasteiger partial charge >= 0.3 is 6.03 Å². The SMILES string of the molecule is C/C=C\C(C)=Nc1ccc2c(c1)CC(C=O)(NC(=O)NC)C2. The summed E-state index contributed by atoms with van der Waals surface area (Å²) in [6, 6.07) is 5.56. The third-order valence-corrected chi connectivity index (χ3v) is 3.73. The quantitative estimate of drug-likeness (QED) is 0.661. The molecule has 1 unspecified atom stereocenters. The smallest absolute Gasteiger partial charge is 0.315 e. The second kappa shape index (κ2) is 6.56. The molecule has 0 aromatic heterocycles. The van der Waals surface area contributed by atoms with E-state index in [1.165, 1.54) is 7.05 Å². The van der Waals surface area contributed by atoms with E-state index in [4.69, 9.17) is 0 Å². The van der Waals surface area contributed by atoms with Gasteiger partial charge in [-0.3, -0.25) is 4.99 Å². The minimum absolute atomic E-state index is 0.345. The molecule has 5 nitrogen and oxygen atoms in total. The van der Waals surface area contributed by atoms with Gasteiger partial charge in [0, 0.05) is 25.6 Å². The van der Waals surface area contributed by atoms with Crippen molar-refractivity contribution in [2.75, 3.05) is 7.05 Å². The van der Waals surface area contributed by atoms with Crippen LogP contribution < -0.4 is 10.6 Å². The third-order valence-electron chi connectivity index (χ3n) is 3.73. The Bertz CT molecular complexity index is 649. The van der Waals surface area contributed by atoms with Gasteiger partial charge in [-0.05, 0) is 43.2 Å². The molecule has 0 aliphatic heterocycles. The highest BCUT2D eigenvalue weighted by Gasteiger charge is 2.38. The Kier molecular flexibility index (Phi) is 4.75. The number of hydrogen-bond acceptors (Lipinski definition) is 3. The van der Waals surface area contributed by atoms with E-state index in [2.05, 4.69) is 15.6 Å². The molecule has 1 aromatic rings. The lowest BCUT2D eigenvalue weighted by Gasteiger charge is -2.23. The van der Waals surface area contributed by atoms with E-state index < -0.39 is 5.54 Å². The Hall–Kier alpha value is -2.43. The zero-order valence-corrected chi connectivity index (χ0v) is 13.1. The fourth-order valence-electron chi connectivity index (χ4n) is 2.73. The molecule has 0 saturated heterocycles. The van der Waals surface area contributed by atoms with Crippen LogP contribution in [0.4, 0.5) is 10.5 Å². The van der Waals surface area contributed by atoms with Gasteiger partial charge in [-0.1, -0.05) is 12.1 Å². The highest BCUT2D eigenvalue weighted by Crippen LogP contribution is 2.32. The molecule has 0 spiro atoms. The van der Waals surface area contributed by atoms with Crippen molar-refractivity contribution in [1.29, 1.82) is 0 Å². The van der Waals surface area contributed by atoms with Crippen LogP contribution in [0.3, 0.4) is 0 Å². The van der Waals surface area contributed by atoms with Gasteiger partial charge in [0.2, 0.25) is 0 Å². The number of amides is 2. The summed E-state index contributed by atoms with van der Waals surface area (Å²) in [5, 5.41) is 5.24. The van der Waals surface area contributed by atoms with Crippen LogP contribution in [-0.4, -0.2) is 30.6 Å². The molecule has 0 saturated carbocycles. The first-order valence-electron chi connectivity index (χ1n) is 7.28. The topological polar surface area (TPSA) is 70.6 Å². The fourth-order valence-corrected chi connectivity index (χ4v) is 2.73. The summed E-state index contributed by atoms with van der Waals surface area (Å²) in [6.45, 7) is 3.89. The molecule has 2 amide bonds. The molecule has 2 rings (SSSR count). The van der Waals surface area contributed by atoms with E-state index in [-0.39, 0.29) is 6.03 Å². The number of nitrogens with zero attached hydrogens (tertiary/aromatic N) is 1. The summed E-state index contributed by atoms with van der Waals surface area (Å²) in [6.07, 6.45) is 5.71. The average Bonchev–Trinajstić information content (AvgIpc) is 2.85. The van der Waals surface area contributed by atoms with Crippen molar-refractivity contribution in [1.82, 2.24) is 10.6 Å². The number of hydrogen-bond donors (Lipinski definition) is 2. The lowest BCUT2D eigenvalue weighted by molar-refractivity contribution is -0.112. The lowest BCUT2D eigenvalue weighted by Crippen LogP contribution is -2.53. The maximum Gasteiger partial charge on any atom is 0.315 e. The number of allylic oxidation sites excluding steroid dienone is 2. The maximum atomic E-state index is 11.6. The number of fused-ring (bicyclic) bond motifs is 1. The van der Waals surface area contributed by atoms with E-state index >= 15 is 0 Å². The molecule has 116 valence electrons. The molecule has 0 fully saturated rings. The first-order valence-corrected chi connectivity index (χ1v) is 7.28. The van der Waals surface area contributed by atoms with E-state index in [1.54, 1.807) is 0 Å². The zero-order valence-electron chi connectivity index (χ0n) is 13.1.